The van der Waals surface area contributed by atoms with Crippen molar-refractivity contribution in [3.8, 4) is 0 Å². The van der Waals surface area contributed by atoms with Gasteiger partial charge >= 0.3 is 0 Å². The summed E-state index contributed by atoms with van der Waals surface area (Å²) in [5.41, 5.74) is 2.23. The topological polar surface area (TPSA) is 102 Å². The minimum atomic E-state index is -3.71. The molecule has 2 heterocycles. The van der Waals surface area contributed by atoms with E-state index in [9.17, 15) is 13.2 Å². The number of hydrogen-bond acceptors (Lipinski definition) is 5. The molecule has 2 aromatic carbocycles. The molecule has 8 nitrogen and oxygen atoms in total. The van der Waals surface area contributed by atoms with Crippen LogP contribution in [0.25, 0.3) is 11.0 Å². The Morgan fingerprint density at radius 3 is 2.87 bits per heavy atom. The summed E-state index contributed by atoms with van der Waals surface area (Å²) in [6.45, 7) is 3.79. The smallest absolute Gasteiger partial charge is 0.251 e. The standard InChI is InChI=1S/C22H26N4O4S/c1-16-25-20-9-2-3-10-21(20)26(16)12-11-23-22(27)17-6-4-8-19(14-17)31(28,29)24-15-18-7-5-13-30-18/h2-4,6,8-10,14,18,24H,5,7,11-13,15H2,1H3,(H,23,27)/t18-/m0/s1. The molecule has 0 aliphatic carbocycles. The second kappa shape index (κ2) is 9.17. The van der Waals surface area contributed by atoms with Crippen molar-refractivity contribution in [2.24, 2.45) is 0 Å². The third kappa shape index (κ3) is 4.95. The molecule has 9 heteroatoms. The van der Waals surface area contributed by atoms with E-state index in [0.717, 1.165) is 29.7 Å². The summed E-state index contributed by atoms with van der Waals surface area (Å²) in [7, 11) is -3.71. The molecule has 1 aliphatic heterocycles. The van der Waals surface area contributed by atoms with Gasteiger partial charge in [0, 0.05) is 31.8 Å². The zero-order chi connectivity index (χ0) is 21.8. The Morgan fingerprint density at radius 1 is 1.23 bits per heavy atom. The zero-order valence-electron chi connectivity index (χ0n) is 17.4. The molecule has 1 atom stereocenters. The van der Waals surface area contributed by atoms with Gasteiger partial charge in [0.2, 0.25) is 10.0 Å². The maximum Gasteiger partial charge on any atom is 0.251 e. The molecule has 3 aromatic rings. The Labute approximate surface area is 181 Å². The summed E-state index contributed by atoms with van der Waals surface area (Å²) < 4.78 is 35.3. The van der Waals surface area contributed by atoms with E-state index in [2.05, 4.69) is 15.0 Å². The van der Waals surface area contributed by atoms with Crippen molar-refractivity contribution < 1.29 is 17.9 Å². The van der Waals surface area contributed by atoms with Crippen LogP contribution in [0.3, 0.4) is 0 Å². The van der Waals surface area contributed by atoms with Crippen LogP contribution in [-0.4, -0.2) is 49.7 Å². The van der Waals surface area contributed by atoms with Gasteiger partial charge in [0.05, 0.1) is 22.0 Å². The van der Waals surface area contributed by atoms with Crippen molar-refractivity contribution in [2.75, 3.05) is 19.7 Å². The molecule has 1 aliphatic rings. The molecule has 1 aromatic heterocycles. The number of benzene rings is 2. The third-order valence-corrected chi connectivity index (χ3v) is 6.82. The Balaban J connectivity index is 1.38. The number of aryl methyl sites for hydroxylation is 1. The van der Waals surface area contributed by atoms with Gasteiger partial charge in [-0.2, -0.15) is 0 Å². The SMILES string of the molecule is Cc1nc2ccccc2n1CCNC(=O)c1cccc(S(=O)(=O)NC[C@@H]2CCCO2)c1. The fourth-order valence-corrected chi connectivity index (χ4v) is 4.87. The van der Waals surface area contributed by atoms with E-state index in [1.165, 1.54) is 12.1 Å². The van der Waals surface area contributed by atoms with Crippen molar-refractivity contribution in [3.05, 3.63) is 59.9 Å². The van der Waals surface area contributed by atoms with Gasteiger partial charge in [-0.3, -0.25) is 4.79 Å². The maximum absolute atomic E-state index is 12.6. The number of sulfonamides is 1. The number of rotatable bonds is 8. The second-order valence-electron chi connectivity index (χ2n) is 7.57. The number of imidazole rings is 1. The number of amides is 1. The van der Waals surface area contributed by atoms with Crippen molar-refractivity contribution in [1.29, 1.82) is 0 Å². The molecule has 0 unspecified atom stereocenters. The molecule has 0 bridgehead atoms. The van der Waals surface area contributed by atoms with E-state index in [0.29, 0.717) is 25.3 Å². The minimum Gasteiger partial charge on any atom is -0.377 e. The van der Waals surface area contributed by atoms with Crippen molar-refractivity contribution in [3.63, 3.8) is 0 Å². The van der Waals surface area contributed by atoms with Crippen LogP contribution in [0.1, 0.15) is 29.0 Å². The maximum atomic E-state index is 12.6. The van der Waals surface area contributed by atoms with E-state index in [4.69, 9.17) is 4.74 Å². The van der Waals surface area contributed by atoms with Crippen molar-refractivity contribution in [2.45, 2.75) is 37.3 Å². The molecule has 1 saturated heterocycles. The van der Waals surface area contributed by atoms with Crippen LogP contribution in [-0.2, 0) is 21.3 Å². The lowest BCUT2D eigenvalue weighted by Gasteiger charge is -2.12. The fraction of sp³-hybridized carbons (Fsp3) is 0.364. The minimum absolute atomic E-state index is 0.0644. The first kappa shape index (κ1) is 21.5. The number of nitrogens with one attached hydrogen (secondary N) is 2. The molecule has 164 valence electrons. The van der Waals surface area contributed by atoms with Crippen LogP contribution in [0.2, 0.25) is 0 Å². The molecule has 1 amide bonds. The number of hydrogen-bond donors (Lipinski definition) is 2. The van der Waals surface area contributed by atoms with Gasteiger partial charge < -0.3 is 14.6 Å². The number of ether oxygens (including phenoxy) is 1. The summed E-state index contributed by atoms with van der Waals surface area (Å²) in [4.78, 5) is 17.2. The number of fused-ring (bicyclic) bond motifs is 1. The van der Waals surface area contributed by atoms with E-state index < -0.39 is 10.0 Å². The van der Waals surface area contributed by atoms with Crippen LogP contribution < -0.4 is 10.0 Å². The molecule has 4 rings (SSSR count). The number of carbonyl (C=O) groups is 1. The van der Waals surface area contributed by atoms with Crippen LogP contribution in [0, 0.1) is 6.92 Å². The predicted octanol–water partition coefficient (Wildman–Crippen LogP) is 2.23. The first-order valence-corrected chi connectivity index (χ1v) is 11.8. The highest BCUT2D eigenvalue weighted by atomic mass is 32.2. The molecule has 0 saturated carbocycles. The first-order chi connectivity index (χ1) is 14.9. The Hall–Kier alpha value is -2.75. The zero-order valence-corrected chi connectivity index (χ0v) is 18.2. The van der Waals surface area contributed by atoms with E-state index in [1.807, 2.05) is 35.8 Å². The van der Waals surface area contributed by atoms with Crippen LogP contribution >= 0.6 is 0 Å². The molecule has 31 heavy (non-hydrogen) atoms. The molecular formula is C22H26N4O4S. The Morgan fingerprint density at radius 2 is 2.06 bits per heavy atom. The average molecular weight is 443 g/mol. The monoisotopic (exact) mass is 442 g/mol. The molecule has 1 fully saturated rings. The quantitative estimate of drug-likeness (QED) is 0.557. The highest BCUT2D eigenvalue weighted by Gasteiger charge is 2.21. The van der Waals surface area contributed by atoms with E-state index >= 15 is 0 Å². The van der Waals surface area contributed by atoms with Gasteiger partial charge in [-0.15, -0.1) is 0 Å². The summed E-state index contributed by atoms with van der Waals surface area (Å²) in [6, 6.07) is 13.9. The number of nitrogens with zero attached hydrogens (tertiary/aromatic N) is 2. The van der Waals surface area contributed by atoms with Crippen LogP contribution in [0.4, 0.5) is 0 Å². The summed E-state index contributed by atoms with van der Waals surface area (Å²) in [5.74, 6) is 0.555. The third-order valence-electron chi connectivity index (χ3n) is 5.40. The highest BCUT2D eigenvalue weighted by molar-refractivity contribution is 7.89. The van der Waals surface area contributed by atoms with Gasteiger partial charge in [0.15, 0.2) is 0 Å². The Kier molecular flexibility index (Phi) is 6.35. The number of para-hydroxylation sites is 2. The second-order valence-corrected chi connectivity index (χ2v) is 9.34. The van der Waals surface area contributed by atoms with E-state index in [1.54, 1.807) is 12.1 Å². The molecular weight excluding hydrogens is 416 g/mol. The van der Waals surface area contributed by atoms with Crippen LogP contribution in [0.15, 0.2) is 53.4 Å². The average Bonchev–Trinajstić information content (AvgIpc) is 3.40. The highest BCUT2D eigenvalue weighted by Crippen LogP contribution is 2.16. The molecule has 0 radical (unpaired) electrons. The van der Waals surface area contributed by atoms with Gasteiger partial charge in [-0.25, -0.2) is 18.1 Å². The van der Waals surface area contributed by atoms with Gasteiger partial charge in [0.25, 0.3) is 5.91 Å². The van der Waals surface area contributed by atoms with Gasteiger partial charge in [0.1, 0.15) is 5.82 Å². The van der Waals surface area contributed by atoms with Gasteiger partial charge in [-0.05, 0) is 50.1 Å². The number of aromatic nitrogens is 2. The van der Waals surface area contributed by atoms with Crippen molar-refractivity contribution in [1.82, 2.24) is 19.6 Å². The Bertz CT molecular complexity index is 1180. The van der Waals surface area contributed by atoms with Crippen LogP contribution in [0.5, 0.6) is 0 Å². The normalized spacial score (nSPS) is 16.6. The molecule has 0 spiro atoms. The lowest BCUT2D eigenvalue weighted by atomic mass is 10.2. The lowest BCUT2D eigenvalue weighted by Crippen LogP contribution is -2.32. The van der Waals surface area contributed by atoms with Gasteiger partial charge in [-0.1, -0.05) is 18.2 Å². The summed E-state index contributed by atoms with van der Waals surface area (Å²) in [6.07, 6.45) is 1.69. The van der Waals surface area contributed by atoms with Crippen molar-refractivity contribution >= 4 is 27.0 Å². The first-order valence-electron chi connectivity index (χ1n) is 10.4. The largest absolute Gasteiger partial charge is 0.377 e. The number of carbonyl (C=O) groups excluding carboxylic acids is 1. The lowest BCUT2D eigenvalue weighted by molar-refractivity contribution is 0.0952. The summed E-state index contributed by atoms with van der Waals surface area (Å²) >= 11 is 0. The molecule has 2 N–H and O–H groups in total. The fourth-order valence-electron chi connectivity index (χ4n) is 3.76. The van der Waals surface area contributed by atoms with E-state index in [-0.39, 0.29) is 23.5 Å². The summed E-state index contributed by atoms with van der Waals surface area (Å²) in [5, 5.41) is 2.86. The predicted molar refractivity (Wildman–Crippen MR) is 117 cm³/mol.